The number of imide groups is 1. The van der Waals surface area contributed by atoms with Gasteiger partial charge in [-0.3, -0.25) is 14.4 Å². The Morgan fingerprint density at radius 2 is 1.54 bits per heavy atom. The fourth-order valence-electron chi connectivity index (χ4n) is 5.75. The van der Waals surface area contributed by atoms with Gasteiger partial charge in [0.15, 0.2) is 0 Å². The van der Waals surface area contributed by atoms with Crippen molar-refractivity contribution in [2.75, 3.05) is 25.6 Å². The number of hydrogen-bond donors (Lipinski definition) is 2. The molecule has 0 fully saturated rings. The van der Waals surface area contributed by atoms with E-state index in [9.17, 15) is 24.3 Å². The number of aliphatic carboxylic acids is 1. The van der Waals surface area contributed by atoms with Crippen molar-refractivity contribution in [2.45, 2.75) is 18.9 Å². The lowest BCUT2D eigenvalue weighted by Gasteiger charge is -2.31. The zero-order valence-electron chi connectivity index (χ0n) is 22.7. The fourth-order valence-corrected chi connectivity index (χ4v) is 5.75. The Labute approximate surface area is 235 Å². The quantitative estimate of drug-likeness (QED) is 0.257. The number of carboxylic acid groups (broad SMARTS) is 1. The van der Waals surface area contributed by atoms with Crippen LogP contribution in [0.15, 0.2) is 72.8 Å². The van der Waals surface area contributed by atoms with Crippen LogP contribution >= 0.6 is 0 Å². The number of nitrogens with zero attached hydrogens (tertiary/aromatic N) is 2. The number of hydrazine groups is 1. The van der Waals surface area contributed by atoms with E-state index >= 15 is 0 Å². The minimum atomic E-state index is -1.24. The summed E-state index contributed by atoms with van der Waals surface area (Å²) in [6, 6.07) is 21.4. The fraction of sp³-hybridized carbons (Fsp3) is 0.188. The molecule has 1 aliphatic carbocycles. The predicted octanol–water partition coefficient (Wildman–Crippen LogP) is 4.45. The van der Waals surface area contributed by atoms with Crippen LogP contribution < -0.4 is 10.3 Å². The van der Waals surface area contributed by atoms with Gasteiger partial charge in [0.05, 0.1) is 16.7 Å². The number of carboxylic acids is 1. The molecule has 41 heavy (non-hydrogen) atoms. The molecule has 0 bridgehead atoms. The molecule has 4 aromatic carbocycles. The first-order chi connectivity index (χ1) is 19.7. The Bertz CT molecular complexity index is 1730. The van der Waals surface area contributed by atoms with Crippen LogP contribution in [0.4, 0.5) is 5.69 Å². The molecule has 6 rings (SSSR count). The summed E-state index contributed by atoms with van der Waals surface area (Å²) < 4.78 is 5.92. The Morgan fingerprint density at radius 1 is 0.927 bits per heavy atom. The van der Waals surface area contributed by atoms with Crippen molar-refractivity contribution in [3.05, 3.63) is 101 Å². The highest BCUT2D eigenvalue weighted by Crippen LogP contribution is 2.45. The normalized spacial score (nSPS) is 14.6. The first-order valence-corrected chi connectivity index (χ1v) is 13.2. The standard InChI is InChI=1S/C32H27N3O6/c1-17(31(38)39)33-35-29(36)23-14-8-13-22-26(34(2)3)15-24(28(27(22)23)30(35)37)32(40)41-16-25-20-11-6-4-9-18(20)19-10-5-7-12-21(19)25/h4-15,17,25,33H,16H2,1-3H3,(H,38,39)/t17-/m0/s1. The van der Waals surface area contributed by atoms with E-state index in [0.717, 1.165) is 22.3 Å². The SMILES string of the molecule is C[C@H](NN1C(=O)c2cccc3c(N(C)C)cc(C(=O)OCC4c5ccccc5-c5ccccc54)c(c23)C1=O)C(=O)O. The molecule has 1 aliphatic heterocycles. The lowest BCUT2D eigenvalue weighted by Crippen LogP contribution is -2.54. The van der Waals surface area contributed by atoms with Crippen molar-refractivity contribution >= 4 is 40.2 Å². The largest absolute Gasteiger partial charge is 0.480 e. The summed E-state index contributed by atoms with van der Waals surface area (Å²) in [4.78, 5) is 54.3. The number of esters is 1. The average molecular weight is 550 g/mol. The molecule has 0 radical (unpaired) electrons. The molecule has 0 saturated heterocycles. The number of hydrogen-bond acceptors (Lipinski definition) is 7. The number of anilines is 1. The molecular formula is C32H27N3O6. The van der Waals surface area contributed by atoms with Crippen molar-refractivity contribution in [1.29, 1.82) is 0 Å². The maximum atomic E-state index is 13.8. The zero-order chi connectivity index (χ0) is 29.0. The molecule has 0 unspecified atom stereocenters. The molecule has 0 spiro atoms. The van der Waals surface area contributed by atoms with E-state index < -0.39 is 29.8 Å². The van der Waals surface area contributed by atoms with Crippen LogP contribution in [-0.4, -0.2) is 60.6 Å². The summed E-state index contributed by atoms with van der Waals surface area (Å²) in [6.45, 7) is 1.37. The van der Waals surface area contributed by atoms with Gasteiger partial charge in [-0.1, -0.05) is 60.7 Å². The maximum Gasteiger partial charge on any atom is 0.339 e. The molecular weight excluding hydrogens is 522 g/mol. The number of amides is 2. The lowest BCUT2D eigenvalue weighted by molar-refractivity contribution is -0.139. The van der Waals surface area contributed by atoms with E-state index in [2.05, 4.69) is 5.43 Å². The van der Waals surface area contributed by atoms with Crippen LogP contribution in [0.2, 0.25) is 0 Å². The summed E-state index contributed by atoms with van der Waals surface area (Å²) in [7, 11) is 3.61. The smallest absolute Gasteiger partial charge is 0.339 e. The third kappa shape index (κ3) is 4.13. The number of fused-ring (bicyclic) bond motifs is 3. The second-order valence-electron chi connectivity index (χ2n) is 10.4. The van der Waals surface area contributed by atoms with E-state index in [-0.39, 0.29) is 29.2 Å². The number of rotatable bonds is 7. The van der Waals surface area contributed by atoms with Gasteiger partial charge in [0, 0.05) is 36.5 Å². The van der Waals surface area contributed by atoms with Crippen LogP contribution in [-0.2, 0) is 9.53 Å². The molecule has 2 amide bonds. The third-order valence-corrected chi connectivity index (χ3v) is 7.73. The molecule has 9 heteroatoms. The van der Waals surface area contributed by atoms with Crippen LogP contribution in [0.25, 0.3) is 21.9 Å². The maximum absolute atomic E-state index is 13.8. The second-order valence-corrected chi connectivity index (χ2v) is 10.4. The van der Waals surface area contributed by atoms with Gasteiger partial charge < -0.3 is 14.7 Å². The van der Waals surface area contributed by atoms with Gasteiger partial charge in [0.1, 0.15) is 12.6 Å². The topological polar surface area (TPSA) is 116 Å². The summed E-state index contributed by atoms with van der Waals surface area (Å²) in [5.74, 6) is -3.65. The van der Waals surface area contributed by atoms with Gasteiger partial charge in [-0.15, -0.1) is 0 Å². The molecule has 4 aromatic rings. The predicted molar refractivity (Wildman–Crippen MR) is 153 cm³/mol. The van der Waals surface area contributed by atoms with Gasteiger partial charge in [0.2, 0.25) is 0 Å². The van der Waals surface area contributed by atoms with Crippen molar-refractivity contribution < 1.29 is 29.0 Å². The number of benzene rings is 4. The summed E-state index contributed by atoms with van der Waals surface area (Å²) in [5.41, 5.74) is 7.57. The zero-order valence-corrected chi connectivity index (χ0v) is 22.7. The first-order valence-electron chi connectivity index (χ1n) is 13.2. The highest BCUT2D eigenvalue weighted by atomic mass is 16.5. The van der Waals surface area contributed by atoms with Crippen LogP contribution in [0.5, 0.6) is 0 Å². The van der Waals surface area contributed by atoms with Crippen LogP contribution in [0.1, 0.15) is 55.0 Å². The lowest BCUT2D eigenvalue weighted by atomic mass is 9.89. The van der Waals surface area contributed by atoms with Gasteiger partial charge in [-0.2, -0.15) is 0 Å². The Morgan fingerprint density at radius 3 is 2.15 bits per heavy atom. The highest BCUT2D eigenvalue weighted by Gasteiger charge is 2.39. The summed E-state index contributed by atoms with van der Waals surface area (Å²) >= 11 is 0. The minimum absolute atomic E-state index is 0.000459. The van der Waals surface area contributed by atoms with Gasteiger partial charge >= 0.3 is 11.9 Å². The van der Waals surface area contributed by atoms with E-state index in [0.29, 0.717) is 21.5 Å². The van der Waals surface area contributed by atoms with E-state index in [1.807, 2.05) is 48.5 Å². The number of nitrogens with one attached hydrogen (secondary N) is 1. The van der Waals surface area contributed by atoms with Crippen molar-refractivity contribution in [2.24, 2.45) is 0 Å². The molecule has 1 heterocycles. The average Bonchev–Trinajstić information content (AvgIpc) is 3.29. The molecule has 206 valence electrons. The number of ether oxygens (including phenoxy) is 1. The number of carbonyl (C=O) groups is 4. The second kappa shape index (κ2) is 9.87. The summed E-state index contributed by atoms with van der Waals surface area (Å²) in [6.07, 6.45) is 0. The van der Waals surface area contributed by atoms with Crippen molar-refractivity contribution in [3.8, 4) is 11.1 Å². The van der Waals surface area contributed by atoms with Crippen LogP contribution in [0.3, 0.4) is 0 Å². The van der Waals surface area contributed by atoms with Gasteiger partial charge in [-0.25, -0.2) is 15.2 Å². The molecule has 0 saturated carbocycles. The molecule has 2 N–H and O–H groups in total. The Balaban J connectivity index is 1.43. The Hall–Kier alpha value is -5.02. The highest BCUT2D eigenvalue weighted by molar-refractivity contribution is 6.29. The van der Waals surface area contributed by atoms with Gasteiger partial charge in [-0.05, 0) is 41.3 Å². The summed E-state index contributed by atoms with van der Waals surface area (Å²) in [5, 5.41) is 11.0. The number of carbonyl (C=O) groups excluding carboxylic acids is 3. The first kappa shape index (κ1) is 26.2. The third-order valence-electron chi connectivity index (χ3n) is 7.73. The monoisotopic (exact) mass is 549 g/mol. The van der Waals surface area contributed by atoms with Crippen molar-refractivity contribution in [1.82, 2.24) is 10.4 Å². The van der Waals surface area contributed by atoms with Gasteiger partial charge in [0.25, 0.3) is 11.8 Å². The van der Waals surface area contributed by atoms with Crippen LogP contribution in [0, 0.1) is 0 Å². The van der Waals surface area contributed by atoms with E-state index in [1.54, 1.807) is 43.3 Å². The van der Waals surface area contributed by atoms with E-state index in [4.69, 9.17) is 4.74 Å². The van der Waals surface area contributed by atoms with Crippen molar-refractivity contribution in [3.63, 3.8) is 0 Å². The van der Waals surface area contributed by atoms with E-state index in [1.165, 1.54) is 6.92 Å². The molecule has 9 nitrogen and oxygen atoms in total. The molecule has 0 aromatic heterocycles. The molecule has 1 atom stereocenters. The molecule has 2 aliphatic rings. The minimum Gasteiger partial charge on any atom is -0.480 e. The Kier molecular flexibility index (Phi) is 6.31.